The van der Waals surface area contributed by atoms with E-state index in [-0.39, 0.29) is 0 Å². The largest absolute Gasteiger partial charge is 0.504 e. The van der Waals surface area contributed by atoms with Gasteiger partial charge in [0.25, 0.3) is 0 Å². The number of methoxy groups -OCH3 is 1. The standard InChI is InChI=1S/C9H14O2/c1-9(2)4-8(9)7(5-10)6-11-3/h5-6,8H,4H2,1-3H3/b7-6+. The molecular formula is C9H14O2. The molecule has 1 atom stereocenters. The first-order valence-corrected chi connectivity index (χ1v) is 3.80. The van der Waals surface area contributed by atoms with E-state index >= 15 is 0 Å². The van der Waals surface area contributed by atoms with Gasteiger partial charge >= 0.3 is 0 Å². The molecule has 1 fully saturated rings. The molecule has 1 unspecified atom stereocenters. The summed E-state index contributed by atoms with van der Waals surface area (Å²) in [6.45, 7) is 4.31. The number of hydrogen-bond acceptors (Lipinski definition) is 2. The zero-order valence-corrected chi connectivity index (χ0v) is 7.26. The second kappa shape index (κ2) is 2.68. The van der Waals surface area contributed by atoms with Crippen molar-refractivity contribution in [2.45, 2.75) is 20.3 Å². The molecule has 1 saturated carbocycles. The van der Waals surface area contributed by atoms with E-state index in [0.717, 1.165) is 18.3 Å². The SMILES string of the molecule is CO/C=C(\C=O)C1CC1(C)C. The van der Waals surface area contributed by atoms with Gasteiger partial charge in [-0.2, -0.15) is 0 Å². The minimum absolute atomic E-state index is 0.311. The molecule has 0 aliphatic heterocycles. The highest BCUT2D eigenvalue weighted by Gasteiger charge is 2.47. The first kappa shape index (κ1) is 8.31. The molecule has 0 aromatic rings. The molecule has 1 aliphatic carbocycles. The van der Waals surface area contributed by atoms with Crippen molar-refractivity contribution < 1.29 is 9.53 Å². The monoisotopic (exact) mass is 154 g/mol. The van der Waals surface area contributed by atoms with Crippen molar-refractivity contribution in [1.29, 1.82) is 0 Å². The summed E-state index contributed by atoms with van der Waals surface area (Å²) < 4.78 is 4.80. The zero-order chi connectivity index (χ0) is 8.48. The van der Waals surface area contributed by atoms with Gasteiger partial charge in [0.05, 0.1) is 13.4 Å². The quantitative estimate of drug-likeness (QED) is 0.352. The third-order valence-corrected chi connectivity index (χ3v) is 2.31. The van der Waals surface area contributed by atoms with Crippen LogP contribution in [0.4, 0.5) is 0 Å². The van der Waals surface area contributed by atoms with Crippen LogP contribution in [0.25, 0.3) is 0 Å². The van der Waals surface area contributed by atoms with Crippen molar-refractivity contribution in [3.63, 3.8) is 0 Å². The smallest absolute Gasteiger partial charge is 0.149 e. The summed E-state index contributed by atoms with van der Waals surface area (Å²) in [5.41, 5.74) is 1.10. The Labute approximate surface area is 67.2 Å². The van der Waals surface area contributed by atoms with Crippen LogP contribution in [-0.2, 0) is 9.53 Å². The van der Waals surface area contributed by atoms with Crippen molar-refractivity contribution in [2.75, 3.05) is 7.11 Å². The third-order valence-electron chi connectivity index (χ3n) is 2.31. The highest BCUT2D eigenvalue weighted by atomic mass is 16.5. The predicted octanol–water partition coefficient (Wildman–Crippen LogP) is 1.76. The number of hydrogen-bond donors (Lipinski definition) is 0. The van der Waals surface area contributed by atoms with E-state index in [2.05, 4.69) is 13.8 Å². The normalized spacial score (nSPS) is 27.9. The number of carbonyl (C=O) groups is 1. The lowest BCUT2D eigenvalue weighted by Gasteiger charge is -2.01. The van der Waals surface area contributed by atoms with Gasteiger partial charge in [0.1, 0.15) is 6.29 Å². The van der Waals surface area contributed by atoms with Crippen molar-refractivity contribution in [1.82, 2.24) is 0 Å². The van der Waals surface area contributed by atoms with Gasteiger partial charge < -0.3 is 4.74 Å². The number of allylic oxidation sites excluding steroid dienone is 1. The van der Waals surface area contributed by atoms with Crippen molar-refractivity contribution in [3.05, 3.63) is 11.8 Å². The minimum atomic E-state index is 0.311. The van der Waals surface area contributed by atoms with E-state index < -0.39 is 0 Å². The van der Waals surface area contributed by atoms with Crippen molar-refractivity contribution in [3.8, 4) is 0 Å². The molecule has 0 N–H and O–H groups in total. The summed E-state index contributed by atoms with van der Waals surface area (Å²) in [5, 5.41) is 0. The number of carbonyl (C=O) groups excluding carboxylic acids is 1. The van der Waals surface area contributed by atoms with Crippen LogP contribution in [0, 0.1) is 11.3 Å². The van der Waals surface area contributed by atoms with E-state index in [1.54, 1.807) is 13.4 Å². The average molecular weight is 154 g/mol. The molecule has 62 valence electrons. The lowest BCUT2D eigenvalue weighted by molar-refractivity contribution is -0.105. The number of rotatable bonds is 3. The van der Waals surface area contributed by atoms with Crippen molar-refractivity contribution in [2.24, 2.45) is 11.3 Å². The Morgan fingerprint density at radius 2 is 2.18 bits per heavy atom. The number of ether oxygens (including phenoxy) is 1. The molecule has 0 radical (unpaired) electrons. The van der Waals surface area contributed by atoms with E-state index in [1.165, 1.54) is 0 Å². The summed E-state index contributed by atoms with van der Waals surface area (Å²) in [6, 6.07) is 0. The van der Waals surface area contributed by atoms with Crippen LogP contribution in [0.3, 0.4) is 0 Å². The zero-order valence-electron chi connectivity index (χ0n) is 7.26. The van der Waals surface area contributed by atoms with Gasteiger partial charge in [-0.25, -0.2) is 0 Å². The fourth-order valence-electron chi connectivity index (χ4n) is 1.36. The van der Waals surface area contributed by atoms with Gasteiger partial charge in [-0.1, -0.05) is 13.8 Å². The maximum absolute atomic E-state index is 10.5. The maximum atomic E-state index is 10.5. The van der Waals surface area contributed by atoms with Gasteiger partial charge in [0.2, 0.25) is 0 Å². The first-order chi connectivity index (χ1) is 5.11. The van der Waals surface area contributed by atoms with Crippen molar-refractivity contribution >= 4 is 6.29 Å². The second-order valence-corrected chi connectivity index (χ2v) is 3.72. The average Bonchev–Trinajstić information content (AvgIpc) is 2.55. The van der Waals surface area contributed by atoms with Crippen LogP contribution in [-0.4, -0.2) is 13.4 Å². The Kier molecular flexibility index (Phi) is 2.03. The van der Waals surface area contributed by atoms with E-state index in [4.69, 9.17) is 4.74 Å². The summed E-state index contributed by atoms with van der Waals surface area (Å²) in [5.74, 6) is 0.417. The van der Waals surface area contributed by atoms with Crippen LogP contribution in [0.1, 0.15) is 20.3 Å². The predicted molar refractivity (Wildman–Crippen MR) is 43.0 cm³/mol. The summed E-state index contributed by atoms with van der Waals surface area (Å²) >= 11 is 0. The third kappa shape index (κ3) is 1.62. The lowest BCUT2D eigenvalue weighted by Crippen LogP contribution is -1.96. The van der Waals surface area contributed by atoms with Crippen LogP contribution in [0.2, 0.25) is 0 Å². The molecule has 0 saturated heterocycles. The molecule has 1 rings (SSSR count). The molecule has 2 heteroatoms. The molecule has 0 aromatic heterocycles. The fraction of sp³-hybridized carbons (Fsp3) is 0.667. The Bertz CT molecular complexity index is 192. The molecule has 0 spiro atoms. The topological polar surface area (TPSA) is 26.3 Å². The molecule has 0 bridgehead atoms. The minimum Gasteiger partial charge on any atom is -0.504 e. The Morgan fingerprint density at radius 1 is 1.64 bits per heavy atom. The first-order valence-electron chi connectivity index (χ1n) is 3.80. The Hall–Kier alpha value is -0.790. The van der Waals surface area contributed by atoms with Gasteiger partial charge in [-0.05, 0) is 17.8 Å². The molecule has 2 nitrogen and oxygen atoms in total. The summed E-state index contributed by atoms with van der Waals surface area (Å²) in [4.78, 5) is 10.5. The Morgan fingerprint density at radius 3 is 2.45 bits per heavy atom. The van der Waals surface area contributed by atoms with Gasteiger partial charge in [0, 0.05) is 5.57 Å². The van der Waals surface area contributed by atoms with Crippen LogP contribution in [0.15, 0.2) is 11.8 Å². The molecule has 0 aromatic carbocycles. The van der Waals surface area contributed by atoms with Gasteiger partial charge in [-0.15, -0.1) is 0 Å². The molecule has 0 amide bonds. The van der Waals surface area contributed by atoms with E-state index in [9.17, 15) is 4.79 Å². The summed E-state index contributed by atoms with van der Waals surface area (Å²) in [7, 11) is 1.57. The highest BCUT2D eigenvalue weighted by molar-refractivity contribution is 5.74. The van der Waals surface area contributed by atoms with Crippen LogP contribution in [0.5, 0.6) is 0 Å². The molecule has 11 heavy (non-hydrogen) atoms. The van der Waals surface area contributed by atoms with Crippen LogP contribution >= 0.6 is 0 Å². The van der Waals surface area contributed by atoms with Gasteiger partial charge in [0.15, 0.2) is 0 Å². The van der Waals surface area contributed by atoms with E-state index in [1.807, 2.05) is 0 Å². The van der Waals surface area contributed by atoms with Crippen LogP contribution < -0.4 is 0 Å². The Balaban J connectivity index is 2.60. The number of aldehydes is 1. The second-order valence-electron chi connectivity index (χ2n) is 3.72. The molecular weight excluding hydrogens is 140 g/mol. The molecule has 1 aliphatic rings. The highest BCUT2D eigenvalue weighted by Crippen LogP contribution is 2.55. The lowest BCUT2D eigenvalue weighted by atomic mass is 10.1. The van der Waals surface area contributed by atoms with Gasteiger partial charge in [-0.3, -0.25) is 4.79 Å². The maximum Gasteiger partial charge on any atom is 0.149 e. The molecule has 0 heterocycles. The fourth-order valence-corrected chi connectivity index (χ4v) is 1.36. The summed E-state index contributed by atoms with van der Waals surface area (Å²) in [6.07, 6.45) is 3.54. The van der Waals surface area contributed by atoms with E-state index in [0.29, 0.717) is 11.3 Å².